The molecule has 2 heterocycles. The lowest BCUT2D eigenvalue weighted by Crippen LogP contribution is -2.45. The highest BCUT2D eigenvalue weighted by molar-refractivity contribution is 7.09. The molecule has 0 spiro atoms. The Morgan fingerprint density at radius 1 is 1.25 bits per heavy atom. The van der Waals surface area contributed by atoms with E-state index < -0.39 is 17.5 Å². The monoisotopic (exact) mass is 401 g/mol. The van der Waals surface area contributed by atoms with Crippen molar-refractivity contribution in [2.24, 2.45) is 0 Å². The van der Waals surface area contributed by atoms with Crippen LogP contribution in [-0.2, 0) is 21.5 Å². The molecule has 0 unspecified atom stereocenters. The molecule has 1 fully saturated rings. The van der Waals surface area contributed by atoms with Crippen LogP contribution in [0.1, 0.15) is 23.8 Å². The summed E-state index contributed by atoms with van der Waals surface area (Å²) in [6.07, 6.45) is 1.09. The number of hydrogen-bond donors (Lipinski definition) is 2. The van der Waals surface area contributed by atoms with E-state index in [4.69, 9.17) is 4.74 Å². The van der Waals surface area contributed by atoms with Gasteiger partial charge in [0, 0.05) is 11.4 Å². The minimum Gasteiger partial charge on any atom is -0.497 e. The molecule has 4 amide bonds. The maximum atomic E-state index is 13.1. The fourth-order valence-corrected chi connectivity index (χ4v) is 3.97. The van der Waals surface area contributed by atoms with Gasteiger partial charge in [-0.05, 0) is 42.0 Å². The molecular formula is C20H23N3O4S. The molecule has 1 aromatic heterocycles. The Labute approximate surface area is 167 Å². The van der Waals surface area contributed by atoms with Crippen molar-refractivity contribution in [1.29, 1.82) is 0 Å². The molecule has 1 aliphatic heterocycles. The number of methoxy groups -OCH3 is 1. The highest BCUT2D eigenvalue weighted by Crippen LogP contribution is 2.33. The summed E-state index contributed by atoms with van der Waals surface area (Å²) in [5.74, 6) is -0.117. The Morgan fingerprint density at radius 3 is 2.61 bits per heavy atom. The van der Waals surface area contributed by atoms with Crippen LogP contribution in [0.25, 0.3) is 0 Å². The molecule has 0 radical (unpaired) electrons. The summed E-state index contributed by atoms with van der Waals surface area (Å²) in [7, 11) is 1.56. The van der Waals surface area contributed by atoms with Gasteiger partial charge in [0.05, 0.1) is 7.11 Å². The molecule has 0 saturated carbocycles. The van der Waals surface area contributed by atoms with Gasteiger partial charge in [-0.1, -0.05) is 25.1 Å². The van der Waals surface area contributed by atoms with E-state index in [-0.39, 0.29) is 12.5 Å². The summed E-state index contributed by atoms with van der Waals surface area (Å²) in [6.45, 7) is 1.99. The van der Waals surface area contributed by atoms with Gasteiger partial charge in [-0.3, -0.25) is 14.5 Å². The number of rotatable bonds is 8. The van der Waals surface area contributed by atoms with Crippen molar-refractivity contribution in [2.45, 2.75) is 25.3 Å². The van der Waals surface area contributed by atoms with Crippen molar-refractivity contribution in [2.75, 3.05) is 20.2 Å². The second-order valence-corrected chi connectivity index (χ2v) is 7.52. The molecule has 28 heavy (non-hydrogen) atoms. The normalized spacial score (nSPS) is 18.9. The van der Waals surface area contributed by atoms with Crippen molar-refractivity contribution in [3.05, 3.63) is 52.2 Å². The van der Waals surface area contributed by atoms with E-state index in [0.29, 0.717) is 30.7 Å². The van der Waals surface area contributed by atoms with Gasteiger partial charge in [-0.25, -0.2) is 4.79 Å². The van der Waals surface area contributed by atoms with Crippen LogP contribution in [0.3, 0.4) is 0 Å². The van der Waals surface area contributed by atoms with Crippen molar-refractivity contribution in [3.63, 3.8) is 0 Å². The Kier molecular flexibility index (Phi) is 5.99. The van der Waals surface area contributed by atoms with E-state index in [1.165, 1.54) is 4.88 Å². The average Bonchev–Trinajstić information content (AvgIpc) is 3.30. The van der Waals surface area contributed by atoms with Gasteiger partial charge < -0.3 is 15.4 Å². The van der Waals surface area contributed by atoms with Crippen molar-refractivity contribution < 1.29 is 19.1 Å². The number of imide groups is 1. The number of nitrogens with zero attached hydrogens (tertiary/aromatic N) is 1. The summed E-state index contributed by atoms with van der Waals surface area (Å²) < 4.78 is 5.15. The number of benzene rings is 1. The molecule has 148 valence electrons. The lowest BCUT2D eigenvalue weighted by molar-refractivity contribution is -0.135. The second kappa shape index (κ2) is 8.43. The molecule has 1 saturated heterocycles. The first-order chi connectivity index (χ1) is 13.5. The molecule has 2 aromatic rings. The maximum absolute atomic E-state index is 13.1. The average molecular weight is 401 g/mol. The zero-order valence-electron chi connectivity index (χ0n) is 15.9. The van der Waals surface area contributed by atoms with Gasteiger partial charge in [-0.2, -0.15) is 0 Å². The lowest BCUT2D eigenvalue weighted by Gasteiger charge is -2.26. The summed E-state index contributed by atoms with van der Waals surface area (Å²) in [5.41, 5.74) is -0.504. The van der Waals surface area contributed by atoms with Crippen LogP contribution in [0.15, 0.2) is 41.8 Å². The van der Waals surface area contributed by atoms with Gasteiger partial charge in [0.15, 0.2) is 0 Å². The van der Waals surface area contributed by atoms with E-state index in [2.05, 4.69) is 10.6 Å². The Hall–Kier alpha value is -2.87. The van der Waals surface area contributed by atoms with Gasteiger partial charge in [0.2, 0.25) is 5.91 Å². The first-order valence-electron chi connectivity index (χ1n) is 9.08. The number of amides is 4. The van der Waals surface area contributed by atoms with Gasteiger partial charge in [0.25, 0.3) is 5.91 Å². The fourth-order valence-electron chi connectivity index (χ4n) is 3.26. The zero-order valence-corrected chi connectivity index (χ0v) is 16.7. The van der Waals surface area contributed by atoms with Gasteiger partial charge in [0.1, 0.15) is 17.8 Å². The third-order valence-electron chi connectivity index (χ3n) is 4.86. The van der Waals surface area contributed by atoms with Crippen LogP contribution in [0.4, 0.5) is 4.79 Å². The number of ether oxygens (including phenoxy) is 1. The molecule has 8 heteroatoms. The first-order valence-corrected chi connectivity index (χ1v) is 9.96. The molecule has 2 N–H and O–H groups in total. The quantitative estimate of drug-likeness (QED) is 0.665. The molecule has 0 bridgehead atoms. The van der Waals surface area contributed by atoms with Crippen LogP contribution in [0.2, 0.25) is 0 Å². The standard InChI is InChI=1S/C20H23N3O4S/c1-3-20(14-6-8-15(27-2)9-7-14)18(25)23(19(26)22-20)13-17(24)21-11-10-16-5-4-12-28-16/h4-9,12H,3,10-11,13H2,1-2H3,(H,21,24)(H,22,26)/t20-/m1/s1. The molecular weight excluding hydrogens is 378 g/mol. The smallest absolute Gasteiger partial charge is 0.325 e. The van der Waals surface area contributed by atoms with E-state index >= 15 is 0 Å². The predicted octanol–water partition coefficient (Wildman–Crippen LogP) is 2.27. The number of nitrogens with one attached hydrogen (secondary N) is 2. The number of thiophene rings is 1. The topological polar surface area (TPSA) is 87.7 Å². The Bertz CT molecular complexity index is 851. The molecule has 1 atom stereocenters. The van der Waals surface area contributed by atoms with Crippen molar-refractivity contribution in [3.8, 4) is 5.75 Å². The summed E-state index contributed by atoms with van der Waals surface area (Å²) in [6, 6.07) is 10.4. The number of hydrogen-bond acceptors (Lipinski definition) is 5. The molecule has 7 nitrogen and oxygen atoms in total. The second-order valence-electron chi connectivity index (χ2n) is 6.49. The van der Waals surface area contributed by atoms with Crippen molar-refractivity contribution >= 4 is 29.2 Å². The predicted molar refractivity (Wildman–Crippen MR) is 106 cm³/mol. The van der Waals surface area contributed by atoms with E-state index in [9.17, 15) is 14.4 Å². The SMILES string of the molecule is CC[C@]1(c2ccc(OC)cc2)NC(=O)N(CC(=O)NCCc2cccs2)C1=O. The zero-order chi connectivity index (χ0) is 20.1. The Morgan fingerprint density at radius 2 is 2.00 bits per heavy atom. The number of urea groups is 1. The molecule has 0 aliphatic carbocycles. The minimum absolute atomic E-state index is 0.299. The van der Waals surface area contributed by atoms with E-state index in [1.807, 2.05) is 24.4 Å². The van der Waals surface area contributed by atoms with Crippen LogP contribution in [-0.4, -0.2) is 42.9 Å². The summed E-state index contributed by atoms with van der Waals surface area (Å²) in [5, 5.41) is 7.52. The van der Waals surface area contributed by atoms with Crippen LogP contribution in [0, 0.1) is 0 Å². The summed E-state index contributed by atoms with van der Waals surface area (Å²) >= 11 is 1.62. The van der Waals surface area contributed by atoms with Crippen LogP contribution >= 0.6 is 11.3 Å². The largest absolute Gasteiger partial charge is 0.497 e. The first kappa shape index (κ1) is 19.9. The third kappa shape index (κ3) is 3.87. The highest BCUT2D eigenvalue weighted by Gasteiger charge is 2.51. The minimum atomic E-state index is -1.17. The molecule has 1 aromatic carbocycles. The molecule has 1 aliphatic rings. The molecule has 3 rings (SSSR count). The third-order valence-corrected chi connectivity index (χ3v) is 5.80. The lowest BCUT2D eigenvalue weighted by atomic mass is 9.87. The highest BCUT2D eigenvalue weighted by atomic mass is 32.1. The van der Waals surface area contributed by atoms with Gasteiger partial charge in [-0.15, -0.1) is 11.3 Å². The van der Waals surface area contributed by atoms with E-state index in [0.717, 1.165) is 4.90 Å². The maximum Gasteiger partial charge on any atom is 0.325 e. The van der Waals surface area contributed by atoms with Crippen LogP contribution < -0.4 is 15.4 Å². The van der Waals surface area contributed by atoms with Crippen LogP contribution in [0.5, 0.6) is 5.75 Å². The fraction of sp³-hybridized carbons (Fsp3) is 0.350. The number of carbonyl (C=O) groups is 3. The van der Waals surface area contributed by atoms with Crippen molar-refractivity contribution in [1.82, 2.24) is 15.5 Å². The Balaban J connectivity index is 1.66. The van der Waals surface area contributed by atoms with E-state index in [1.54, 1.807) is 42.7 Å². The summed E-state index contributed by atoms with van der Waals surface area (Å²) in [4.78, 5) is 39.9. The number of carbonyl (C=O) groups excluding carboxylic acids is 3. The van der Waals surface area contributed by atoms with Gasteiger partial charge >= 0.3 is 6.03 Å².